The highest BCUT2D eigenvalue weighted by Gasteiger charge is 1.97. The van der Waals surface area contributed by atoms with Gasteiger partial charge in [0.2, 0.25) is 5.88 Å². The molecule has 2 rings (SSSR count). The van der Waals surface area contributed by atoms with Crippen molar-refractivity contribution in [1.82, 2.24) is 4.98 Å². The fourth-order valence-corrected chi connectivity index (χ4v) is 1.20. The molecule has 0 fully saturated rings. The van der Waals surface area contributed by atoms with Gasteiger partial charge in [0.1, 0.15) is 5.75 Å². The van der Waals surface area contributed by atoms with Gasteiger partial charge in [0, 0.05) is 23.4 Å². The summed E-state index contributed by atoms with van der Waals surface area (Å²) in [5.41, 5.74) is 0. The van der Waals surface area contributed by atoms with E-state index in [9.17, 15) is 0 Å². The predicted octanol–water partition coefficient (Wildman–Crippen LogP) is 3.33. The first-order valence-electron chi connectivity index (χ1n) is 4.10. The molecule has 0 aliphatic heterocycles. The van der Waals surface area contributed by atoms with E-state index in [0.29, 0.717) is 16.7 Å². The number of nitrogens with zero attached hydrogens (tertiary/aromatic N) is 1. The zero-order chi connectivity index (χ0) is 9.80. The van der Waals surface area contributed by atoms with Crippen molar-refractivity contribution < 1.29 is 4.74 Å². The van der Waals surface area contributed by atoms with Crippen LogP contribution in [0.2, 0.25) is 5.02 Å². The molecule has 2 aromatic rings. The van der Waals surface area contributed by atoms with Crippen LogP contribution in [0.1, 0.15) is 0 Å². The average molecular weight is 205 g/mol. The second-order valence-corrected chi connectivity index (χ2v) is 3.09. The maximum absolute atomic E-state index is 5.80. The number of pyridine rings is 1. The topological polar surface area (TPSA) is 22.1 Å². The molecule has 0 aliphatic carbocycles. The van der Waals surface area contributed by atoms with Gasteiger partial charge in [-0.25, -0.2) is 4.98 Å². The number of halogens is 1. The van der Waals surface area contributed by atoms with Crippen molar-refractivity contribution in [3.63, 3.8) is 0 Å². The maximum Gasteiger partial charge on any atom is 0.219 e. The molecule has 0 amide bonds. The molecule has 1 aromatic carbocycles. The summed E-state index contributed by atoms with van der Waals surface area (Å²) in [6.07, 6.45) is 1.56. The van der Waals surface area contributed by atoms with Gasteiger partial charge >= 0.3 is 0 Å². The first-order chi connectivity index (χ1) is 6.84. The average Bonchev–Trinajstić information content (AvgIpc) is 2.19. The molecule has 0 bridgehead atoms. The fraction of sp³-hybridized carbons (Fsp3) is 0. The zero-order valence-electron chi connectivity index (χ0n) is 7.27. The van der Waals surface area contributed by atoms with Gasteiger partial charge in [-0.2, -0.15) is 0 Å². The molecular weight excluding hydrogens is 198 g/mol. The lowest BCUT2D eigenvalue weighted by molar-refractivity contribution is 0.463. The van der Waals surface area contributed by atoms with E-state index < -0.39 is 0 Å². The fourth-order valence-electron chi connectivity index (χ4n) is 1.02. The third-order valence-corrected chi connectivity index (χ3v) is 1.84. The summed E-state index contributed by atoms with van der Waals surface area (Å²) in [7, 11) is 0. The third-order valence-electron chi connectivity index (χ3n) is 1.61. The van der Waals surface area contributed by atoms with Crippen LogP contribution in [-0.2, 0) is 0 Å². The molecule has 1 radical (unpaired) electrons. The molecule has 69 valence electrons. The largest absolute Gasteiger partial charge is 0.439 e. The van der Waals surface area contributed by atoms with E-state index in [2.05, 4.69) is 11.1 Å². The van der Waals surface area contributed by atoms with E-state index >= 15 is 0 Å². The van der Waals surface area contributed by atoms with Crippen LogP contribution in [0.4, 0.5) is 0 Å². The predicted molar refractivity (Wildman–Crippen MR) is 54.6 cm³/mol. The van der Waals surface area contributed by atoms with Gasteiger partial charge in [0.05, 0.1) is 0 Å². The number of aromatic nitrogens is 1. The minimum Gasteiger partial charge on any atom is -0.439 e. The monoisotopic (exact) mass is 204 g/mol. The number of rotatable bonds is 2. The van der Waals surface area contributed by atoms with Gasteiger partial charge in [0.25, 0.3) is 0 Å². The standard InChI is InChI=1S/C11H7ClNO/c12-9-4-3-5-10(8-9)14-11-6-1-2-7-13-11/h1,3-8H. The van der Waals surface area contributed by atoms with Gasteiger partial charge in [0.15, 0.2) is 0 Å². The van der Waals surface area contributed by atoms with Crippen LogP contribution in [-0.4, -0.2) is 4.98 Å². The number of hydrogen-bond acceptors (Lipinski definition) is 2. The Morgan fingerprint density at radius 3 is 2.93 bits per heavy atom. The van der Waals surface area contributed by atoms with Crippen molar-refractivity contribution in [3.8, 4) is 11.6 Å². The second kappa shape index (κ2) is 4.11. The van der Waals surface area contributed by atoms with Crippen molar-refractivity contribution in [1.29, 1.82) is 0 Å². The Morgan fingerprint density at radius 1 is 1.29 bits per heavy atom. The number of ether oxygens (including phenoxy) is 1. The first kappa shape index (κ1) is 9.03. The van der Waals surface area contributed by atoms with Gasteiger partial charge in [-0.05, 0) is 24.3 Å². The summed E-state index contributed by atoms with van der Waals surface area (Å²) in [4.78, 5) is 3.98. The Morgan fingerprint density at radius 2 is 2.21 bits per heavy atom. The molecule has 0 saturated heterocycles. The lowest BCUT2D eigenvalue weighted by atomic mass is 10.3. The molecule has 0 atom stereocenters. The van der Waals surface area contributed by atoms with Gasteiger partial charge in [-0.15, -0.1) is 0 Å². The molecule has 2 nitrogen and oxygen atoms in total. The van der Waals surface area contributed by atoms with Crippen molar-refractivity contribution in [2.45, 2.75) is 0 Å². The van der Waals surface area contributed by atoms with Crippen molar-refractivity contribution >= 4 is 11.6 Å². The second-order valence-electron chi connectivity index (χ2n) is 2.66. The van der Waals surface area contributed by atoms with Crippen molar-refractivity contribution in [3.05, 3.63) is 53.7 Å². The van der Waals surface area contributed by atoms with Crippen molar-refractivity contribution in [2.24, 2.45) is 0 Å². The van der Waals surface area contributed by atoms with E-state index in [-0.39, 0.29) is 0 Å². The minimum absolute atomic E-state index is 0.533. The van der Waals surface area contributed by atoms with Crippen LogP contribution in [0.25, 0.3) is 0 Å². The van der Waals surface area contributed by atoms with E-state index in [1.165, 1.54) is 0 Å². The quantitative estimate of drug-likeness (QED) is 0.749. The Hall–Kier alpha value is -1.54. The molecule has 0 unspecified atom stereocenters. The molecule has 14 heavy (non-hydrogen) atoms. The Kier molecular flexibility index (Phi) is 2.65. The van der Waals surface area contributed by atoms with Gasteiger partial charge in [-0.3, -0.25) is 0 Å². The summed E-state index contributed by atoms with van der Waals surface area (Å²) in [5.74, 6) is 1.21. The van der Waals surface area contributed by atoms with E-state index in [4.69, 9.17) is 16.3 Å². The molecule has 0 spiro atoms. The maximum atomic E-state index is 5.80. The minimum atomic E-state index is 0.533. The Labute approximate surface area is 87.1 Å². The molecule has 3 heteroatoms. The van der Waals surface area contributed by atoms with Crippen LogP contribution in [0, 0.1) is 6.07 Å². The molecule has 0 saturated carbocycles. The highest BCUT2D eigenvalue weighted by Crippen LogP contribution is 2.21. The van der Waals surface area contributed by atoms with E-state index in [1.807, 2.05) is 12.1 Å². The van der Waals surface area contributed by atoms with E-state index in [0.717, 1.165) is 0 Å². The molecule has 0 aliphatic rings. The lowest BCUT2D eigenvalue weighted by Crippen LogP contribution is -1.85. The van der Waals surface area contributed by atoms with E-state index in [1.54, 1.807) is 30.5 Å². The van der Waals surface area contributed by atoms with Gasteiger partial charge < -0.3 is 4.74 Å². The van der Waals surface area contributed by atoms with Crippen molar-refractivity contribution in [2.75, 3.05) is 0 Å². The normalized spacial score (nSPS) is 9.79. The van der Waals surface area contributed by atoms with Crippen LogP contribution in [0.3, 0.4) is 0 Å². The summed E-state index contributed by atoms with van der Waals surface area (Å²) in [6, 6.07) is 13.5. The zero-order valence-corrected chi connectivity index (χ0v) is 8.03. The lowest BCUT2D eigenvalue weighted by Gasteiger charge is -2.03. The molecular formula is C11H7ClNO. The highest BCUT2D eigenvalue weighted by molar-refractivity contribution is 6.30. The first-order valence-corrected chi connectivity index (χ1v) is 4.48. The van der Waals surface area contributed by atoms with Gasteiger partial charge in [-0.1, -0.05) is 17.7 Å². The number of hydrogen-bond donors (Lipinski definition) is 0. The Balaban J connectivity index is 2.19. The smallest absolute Gasteiger partial charge is 0.219 e. The van der Waals surface area contributed by atoms with Crippen LogP contribution in [0.5, 0.6) is 11.6 Å². The highest BCUT2D eigenvalue weighted by atomic mass is 35.5. The number of benzene rings is 1. The SMILES string of the molecule is Clc1cccc(Oc2cc[c]cn2)c1. The Bertz CT molecular complexity index is 417. The molecule has 0 N–H and O–H groups in total. The summed E-state index contributed by atoms with van der Waals surface area (Å²) >= 11 is 5.80. The third kappa shape index (κ3) is 2.24. The molecule has 1 aromatic heterocycles. The van der Waals surface area contributed by atoms with Crippen LogP contribution in [0.15, 0.2) is 42.6 Å². The summed E-state index contributed by atoms with van der Waals surface area (Å²) < 4.78 is 5.44. The van der Waals surface area contributed by atoms with Crippen LogP contribution >= 0.6 is 11.6 Å². The summed E-state index contributed by atoms with van der Waals surface area (Å²) in [6.45, 7) is 0. The van der Waals surface area contributed by atoms with Crippen LogP contribution < -0.4 is 4.74 Å². The summed E-state index contributed by atoms with van der Waals surface area (Å²) in [5, 5.41) is 0.644. The molecule has 1 heterocycles.